The van der Waals surface area contributed by atoms with Gasteiger partial charge in [-0.05, 0) is 37.2 Å². The lowest BCUT2D eigenvalue weighted by Crippen LogP contribution is -2.28. The van der Waals surface area contributed by atoms with Crippen LogP contribution in [0.2, 0.25) is 0 Å². The molecule has 1 aliphatic carbocycles. The lowest BCUT2D eigenvalue weighted by Gasteiger charge is -2.33. The van der Waals surface area contributed by atoms with E-state index in [9.17, 15) is 0 Å². The molecule has 1 aliphatic rings. The molecule has 0 unspecified atom stereocenters. The first-order valence-electron chi connectivity index (χ1n) is 5.99. The van der Waals surface area contributed by atoms with Gasteiger partial charge in [0.15, 0.2) is 0 Å². The lowest BCUT2D eigenvalue weighted by atomic mass is 9.76. The highest BCUT2D eigenvalue weighted by Crippen LogP contribution is 2.36. The molecule has 0 atom stereocenters. The van der Waals surface area contributed by atoms with Gasteiger partial charge in [0, 0.05) is 6.20 Å². The number of nitrogens with zero attached hydrogens (tertiary/aromatic N) is 3. The fourth-order valence-corrected chi connectivity index (χ4v) is 2.10. The highest BCUT2D eigenvalue weighted by Gasteiger charge is 2.28. The van der Waals surface area contributed by atoms with Crippen LogP contribution in [0, 0.1) is 16.7 Å². The third-order valence-corrected chi connectivity index (χ3v) is 3.31. The molecule has 0 bridgehead atoms. The van der Waals surface area contributed by atoms with Crippen LogP contribution in [0.4, 0.5) is 0 Å². The Morgan fingerprint density at radius 2 is 2.12 bits per heavy atom. The third kappa shape index (κ3) is 3.16. The molecule has 1 fully saturated rings. The quantitative estimate of drug-likeness (QED) is 0.785. The summed E-state index contributed by atoms with van der Waals surface area (Å²) in [5.41, 5.74) is 0.779. The molecule has 1 aromatic rings. The average molecular weight is 231 g/mol. The summed E-state index contributed by atoms with van der Waals surface area (Å²) >= 11 is 0. The van der Waals surface area contributed by atoms with Crippen LogP contribution in [0.25, 0.3) is 0 Å². The molecule has 4 heteroatoms. The van der Waals surface area contributed by atoms with Crippen LogP contribution in [-0.2, 0) is 0 Å². The Hall–Kier alpha value is -1.63. The van der Waals surface area contributed by atoms with Crippen LogP contribution in [-0.4, -0.2) is 16.1 Å². The van der Waals surface area contributed by atoms with E-state index < -0.39 is 0 Å². The van der Waals surface area contributed by atoms with Crippen molar-refractivity contribution >= 4 is 0 Å². The Morgan fingerprint density at radius 3 is 2.76 bits per heavy atom. The maximum Gasteiger partial charge on any atom is 0.317 e. The maximum atomic E-state index is 8.74. The molecule has 0 N–H and O–H groups in total. The molecule has 1 aromatic heterocycles. The normalized spacial score (nSPS) is 19.6. The Kier molecular flexibility index (Phi) is 3.28. The fraction of sp³-hybridized carbons (Fsp3) is 0.615. The zero-order valence-electron chi connectivity index (χ0n) is 10.3. The molecule has 0 aromatic carbocycles. The number of rotatable bonds is 2. The third-order valence-electron chi connectivity index (χ3n) is 3.31. The minimum atomic E-state index is 0.192. The van der Waals surface area contributed by atoms with Crippen molar-refractivity contribution in [2.24, 2.45) is 5.41 Å². The van der Waals surface area contributed by atoms with E-state index in [0.717, 1.165) is 25.7 Å². The van der Waals surface area contributed by atoms with E-state index in [1.54, 1.807) is 12.3 Å². The summed E-state index contributed by atoms with van der Waals surface area (Å²) in [6.45, 7) is 4.58. The van der Waals surface area contributed by atoms with Gasteiger partial charge in [-0.3, -0.25) is 0 Å². The van der Waals surface area contributed by atoms with Crippen molar-refractivity contribution in [3.8, 4) is 12.1 Å². The first-order valence-corrected chi connectivity index (χ1v) is 5.99. The molecule has 0 saturated heterocycles. The molecule has 17 heavy (non-hydrogen) atoms. The smallest absolute Gasteiger partial charge is 0.317 e. The minimum Gasteiger partial charge on any atom is -0.460 e. The highest BCUT2D eigenvalue weighted by atomic mass is 16.5. The van der Waals surface area contributed by atoms with Crippen molar-refractivity contribution in [2.45, 2.75) is 45.6 Å². The van der Waals surface area contributed by atoms with Crippen LogP contribution < -0.4 is 4.74 Å². The van der Waals surface area contributed by atoms with Gasteiger partial charge in [0.2, 0.25) is 0 Å². The van der Waals surface area contributed by atoms with Gasteiger partial charge in [-0.2, -0.15) is 10.2 Å². The molecular formula is C13H17N3O. The Balaban J connectivity index is 1.96. The van der Waals surface area contributed by atoms with Gasteiger partial charge in [-0.25, -0.2) is 4.98 Å². The summed E-state index contributed by atoms with van der Waals surface area (Å²) in [6.07, 6.45) is 6.15. The minimum absolute atomic E-state index is 0.192. The van der Waals surface area contributed by atoms with Gasteiger partial charge in [0.1, 0.15) is 17.9 Å². The van der Waals surface area contributed by atoms with Crippen molar-refractivity contribution in [2.75, 3.05) is 0 Å². The van der Waals surface area contributed by atoms with E-state index >= 15 is 0 Å². The van der Waals surface area contributed by atoms with Crippen LogP contribution in [0.1, 0.15) is 45.2 Å². The highest BCUT2D eigenvalue weighted by molar-refractivity contribution is 5.19. The zero-order chi connectivity index (χ0) is 12.3. The molecular weight excluding hydrogens is 214 g/mol. The van der Waals surface area contributed by atoms with Gasteiger partial charge in [-0.1, -0.05) is 13.8 Å². The fourth-order valence-electron chi connectivity index (χ4n) is 2.10. The average Bonchev–Trinajstić information content (AvgIpc) is 2.32. The van der Waals surface area contributed by atoms with Crippen molar-refractivity contribution in [1.29, 1.82) is 5.26 Å². The molecule has 0 amide bonds. The van der Waals surface area contributed by atoms with Gasteiger partial charge in [0.05, 0.1) is 0 Å². The van der Waals surface area contributed by atoms with E-state index in [2.05, 4.69) is 23.8 Å². The van der Waals surface area contributed by atoms with Gasteiger partial charge >= 0.3 is 6.01 Å². The Bertz CT molecular complexity index is 427. The second-order valence-electron chi connectivity index (χ2n) is 5.32. The van der Waals surface area contributed by atoms with Crippen LogP contribution in [0.3, 0.4) is 0 Å². The standard InChI is InChI=1S/C13H17N3O/c1-13(2)6-3-11(4-7-13)17-12-15-8-5-10(9-14)16-12/h5,8,11H,3-4,6-7H2,1-2H3. The second-order valence-corrected chi connectivity index (χ2v) is 5.32. The first kappa shape index (κ1) is 11.8. The number of nitriles is 1. The predicted octanol–water partition coefficient (Wildman–Crippen LogP) is 2.70. The summed E-state index contributed by atoms with van der Waals surface area (Å²) < 4.78 is 5.72. The number of hydrogen-bond acceptors (Lipinski definition) is 4. The topological polar surface area (TPSA) is 58.8 Å². The summed E-state index contributed by atoms with van der Waals surface area (Å²) in [7, 11) is 0. The van der Waals surface area contributed by atoms with Crippen LogP contribution in [0.15, 0.2) is 12.3 Å². The molecule has 1 saturated carbocycles. The van der Waals surface area contributed by atoms with Gasteiger partial charge in [0.25, 0.3) is 0 Å². The molecule has 2 rings (SSSR count). The first-order chi connectivity index (χ1) is 8.09. The van der Waals surface area contributed by atoms with Crippen LogP contribution >= 0.6 is 0 Å². The second kappa shape index (κ2) is 4.70. The molecule has 1 heterocycles. The lowest BCUT2D eigenvalue weighted by molar-refractivity contribution is 0.0905. The summed E-state index contributed by atoms with van der Waals surface area (Å²) in [5, 5.41) is 8.74. The van der Waals surface area contributed by atoms with Gasteiger partial charge < -0.3 is 4.74 Å². The van der Waals surface area contributed by atoms with Crippen molar-refractivity contribution < 1.29 is 4.74 Å². The number of aromatic nitrogens is 2. The zero-order valence-corrected chi connectivity index (χ0v) is 10.3. The molecule has 0 aliphatic heterocycles. The van der Waals surface area contributed by atoms with Crippen molar-refractivity contribution in [3.63, 3.8) is 0 Å². The maximum absolute atomic E-state index is 8.74. The van der Waals surface area contributed by atoms with Crippen LogP contribution in [0.5, 0.6) is 6.01 Å². The molecule has 0 spiro atoms. The summed E-state index contributed by atoms with van der Waals surface area (Å²) in [5.74, 6) is 0. The molecule has 4 nitrogen and oxygen atoms in total. The van der Waals surface area contributed by atoms with E-state index in [1.807, 2.05) is 6.07 Å². The van der Waals surface area contributed by atoms with E-state index in [-0.39, 0.29) is 6.10 Å². The molecule has 0 radical (unpaired) electrons. The Labute approximate surface area is 102 Å². The Morgan fingerprint density at radius 1 is 1.41 bits per heavy atom. The molecule has 90 valence electrons. The number of hydrogen-bond donors (Lipinski definition) is 0. The van der Waals surface area contributed by atoms with Crippen molar-refractivity contribution in [3.05, 3.63) is 18.0 Å². The van der Waals surface area contributed by atoms with E-state index in [4.69, 9.17) is 10.00 Å². The van der Waals surface area contributed by atoms with E-state index in [0.29, 0.717) is 17.1 Å². The summed E-state index contributed by atoms with van der Waals surface area (Å²) in [6, 6.07) is 3.89. The predicted molar refractivity (Wildman–Crippen MR) is 63.4 cm³/mol. The van der Waals surface area contributed by atoms with Gasteiger partial charge in [-0.15, -0.1) is 0 Å². The summed E-state index contributed by atoms with van der Waals surface area (Å²) in [4.78, 5) is 8.06. The van der Waals surface area contributed by atoms with E-state index in [1.165, 1.54) is 0 Å². The largest absolute Gasteiger partial charge is 0.460 e. The number of ether oxygens (including phenoxy) is 1. The van der Waals surface area contributed by atoms with Crippen molar-refractivity contribution in [1.82, 2.24) is 9.97 Å². The SMILES string of the molecule is CC1(C)CCC(Oc2nccc(C#N)n2)CC1. The monoisotopic (exact) mass is 231 g/mol.